The summed E-state index contributed by atoms with van der Waals surface area (Å²) in [6, 6.07) is 0.402. The van der Waals surface area contributed by atoms with Crippen molar-refractivity contribution in [2.75, 3.05) is 4.90 Å². The zero-order valence-electron chi connectivity index (χ0n) is 14.0. The van der Waals surface area contributed by atoms with Gasteiger partial charge in [-0.05, 0) is 38.5 Å². The Bertz CT molecular complexity index is 511. The zero-order valence-corrected chi connectivity index (χ0v) is 14.0. The van der Waals surface area contributed by atoms with Crippen LogP contribution in [0.4, 0.5) is 5.69 Å². The SMILES string of the molecule is CC(C)CCn1cc(N(C2=CN=CC(C)C2)C(C)C)cn1. The molecule has 1 atom stereocenters. The summed E-state index contributed by atoms with van der Waals surface area (Å²) in [7, 11) is 0. The standard InChI is InChI=1S/C17H28N4/c1-13(2)6-7-20-12-17(11-19-20)21(14(3)4)16-8-15(5)9-18-10-16/h9-15H,6-8H2,1-5H3. The van der Waals surface area contributed by atoms with Crippen molar-refractivity contribution in [3.05, 3.63) is 24.3 Å². The highest BCUT2D eigenvalue weighted by atomic mass is 15.3. The molecule has 0 amide bonds. The number of aliphatic imine (C=N–C) groups is 1. The third-order valence-electron chi connectivity index (χ3n) is 3.75. The first-order valence-corrected chi connectivity index (χ1v) is 8.01. The predicted molar refractivity (Wildman–Crippen MR) is 89.7 cm³/mol. The third-order valence-corrected chi connectivity index (χ3v) is 3.75. The minimum atomic E-state index is 0.402. The summed E-state index contributed by atoms with van der Waals surface area (Å²) in [5.41, 5.74) is 2.45. The quantitative estimate of drug-likeness (QED) is 0.789. The fourth-order valence-electron chi connectivity index (χ4n) is 2.66. The lowest BCUT2D eigenvalue weighted by Crippen LogP contribution is -2.31. The minimum Gasteiger partial charge on any atom is -0.339 e. The molecule has 0 N–H and O–H groups in total. The normalized spacial score (nSPS) is 18.4. The Morgan fingerprint density at radius 3 is 2.71 bits per heavy atom. The Hall–Kier alpha value is -1.58. The van der Waals surface area contributed by atoms with E-state index < -0.39 is 0 Å². The van der Waals surface area contributed by atoms with Crippen molar-refractivity contribution in [2.45, 2.75) is 60.0 Å². The summed E-state index contributed by atoms with van der Waals surface area (Å²) >= 11 is 0. The second kappa shape index (κ2) is 6.92. The van der Waals surface area contributed by atoms with Crippen LogP contribution in [0, 0.1) is 11.8 Å². The van der Waals surface area contributed by atoms with Crippen LogP contribution in [0.1, 0.15) is 47.5 Å². The van der Waals surface area contributed by atoms with E-state index >= 15 is 0 Å². The summed E-state index contributed by atoms with van der Waals surface area (Å²) in [4.78, 5) is 6.73. The Morgan fingerprint density at radius 1 is 1.33 bits per heavy atom. The van der Waals surface area contributed by atoms with E-state index in [0.29, 0.717) is 17.9 Å². The molecular formula is C17H28N4. The number of anilines is 1. The number of nitrogens with zero attached hydrogens (tertiary/aromatic N) is 4. The lowest BCUT2D eigenvalue weighted by Gasteiger charge is -2.31. The summed E-state index contributed by atoms with van der Waals surface area (Å²) in [5.74, 6) is 1.21. The summed E-state index contributed by atoms with van der Waals surface area (Å²) in [6.45, 7) is 12.1. The Labute approximate surface area is 128 Å². The highest BCUT2D eigenvalue weighted by molar-refractivity contribution is 5.65. The van der Waals surface area contributed by atoms with E-state index in [-0.39, 0.29) is 0 Å². The molecule has 4 heteroatoms. The first kappa shape index (κ1) is 15.8. The van der Waals surface area contributed by atoms with Gasteiger partial charge in [0.15, 0.2) is 0 Å². The van der Waals surface area contributed by atoms with Crippen molar-refractivity contribution in [1.82, 2.24) is 9.78 Å². The molecule has 0 bridgehead atoms. The maximum absolute atomic E-state index is 4.51. The van der Waals surface area contributed by atoms with Gasteiger partial charge >= 0.3 is 0 Å². The van der Waals surface area contributed by atoms with Gasteiger partial charge in [0, 0.05) is 36.9 Å². The molecule has 4 nitrogen and oxygen atoms in total. The molecule has 1 aliphatic heterocycles. The minimum absolute atomic E-state index is 0.402. The largest absolute Gasteiger partial charge is 0.339 e. The lowest BCUT2D eigenvalue weighted by atomic mass is 10.0. The van der Waals surface area contributed by atoms with E-state index in [2.05, 4.69) is 60.5 Å². The molecule has 1 aliphatic rings. The van der Waals surface area contributed by atoms with Crippen LogP contribution in [-0.2, 0) is 6.54 Å². The van der Waals surface area contributed by atoms with Gasteiger partial charge in [-0.25, -0.2) is 0 Å². The van der Waals surface area contributed by atoms with Crippen molar-refractivity contribution >= 4 is 11.9 Å². The van der Waals surface area contributed by atoms with E-state index in [9.17, 15) is 0 Å². The number of aryl methyl sites for hydroxylation is 1. The number of aromatic nitrogens is 2. The van der Waals surface area contributed by atoms with Crippen molar-refractivity contribution in [3.8, 4) is 0 Å². The van der Waals surface area contributed by atoms with E-state index in [0.717, 1.165) is 19.4 Å². The van der Waals surface area contributed by atoms with Crippen LogP contribution < -0.4 is 4.90 Å². The maximum atomic E-state index is 4.51. The molecule has 0 saturated carbocycles. The van der Waals surface area contributed by atoms with Crippen LogP contribution in [0.15, 0.2) is 29.3 Å². The molecule has 1 aromatic heterocycles. The highest BCUT2D eigenvalue weighted by Crippen LogP contribution is 2.27. The van der Waals surface area contributed by atoms with Gasteiger partial charge in [-0.1, -0.05) is 20.8 Å². The number of rotatable bonds is 6. The van der Waals surface area contributed by atoms with E-state index in [1.807, 2.05) is 18.6 Å². The average Bonchev–Trinajstić information content (AvgIpc) is 2.85. The van der Waals surface area contributed by atoms with Crippen molar-refractivity contribution < 1.29 is 0 Å². The monoisotopic (exact) mass is 288 g/mol. The number of hydrogen-bond acceptors (Lipinski definition) is 3. The Balaban J connectivity index is 2.15. The molecule has 1 unspecified atom stereocenters. The van der Waals surface area contributed by atoms with Crippen LogP contribution in [-0.4, -0.2) is 22.0 Å². The van der Waals surface area contributed by atoms with Gasteiger partial charge in [0.2, 0.25) is 0 Å². The van der Waals surface area contributed by atoms with E-state index in [4.69, 9.17) is 0 Å². The van der Waals surface area contributed by atoms with Crippen LogP contribution in [0.2, 0.25) is 0 Å². The van der Waals surface area contributed by atoms with Crippen molar-refractivity contribution in [1.29, 1.82) is 0 Å². The molecule has 0 aliphatic carbocycles. The predicted octanol–water partition coefficient (Wildman–Crippen LogP) is 4.10. The first-order chi connectivity index (χ1) is 9.97. The fraction of sp³-hybridized carbons (Fsp3) is 0.647. The van der Waals surface area contributed by atoms with E-state index in [1.165, 1.54) is 11.4 Å². The Morgan fingerprint density at radius 2 is 2.10 bits per heavy atom. The second-order valence-electron chi connectivity index (χ2n) is 6.71. The third kappa shape index (κ3) is 4.19. The second-order valence-corrected chi connectivity index (χ2v) is 6.71. The zero-order chi connectivity index (χ0) is 15.4. The lowest BCUT2D eigenvalue weighted by molar-refractivity contribution is 0.487. The van der Waals surface area contributed by atoms with Crippen LogP contribution in [0.25, 0.3) is 0 Å². The van der Waals surface area contributed by atoms with Crippen LogP contribution >= 0.6 is 0 Å². The number of allylic oxidation sites excluding steroid dienone is 1. The molecule has 2 heterocycles. The molecule has 0 spiro atoms. The molecule has 0 radical (unpaired) electrons. The van der Waals surface area contributed by atoms with Gasteiger partial charge in [-0.2, -0.15) is 5.10 Å². The molecule has 21 heavy (non-hydrogen) atoms. The van der Waals surface area contributed by atoms with Gasteiger partial charge in [-0.15, -0.1) is 0 Å². The summed E-state index contributed by atoms with van der Waals surface area (Å²) in [5, 5.41) is 4.51. The van der Waals surface area contributed by atoms with Gasteiger partial charge in [0.1, 0.15) is 0 Å². The summed E-state index contributed by atoms with van der Waals surface area (Å²) < 4.78 is 2.06. The molecule has 1 aromatic rings. The van der Waals surface area contributed by atoms with Crippen LogP contribution in [0.5, 0.6) is 0 Å². The topological polar surface area (TPSA) is 33.4 Å². The van der Waals surface area contributed by atoms with Crippen molar-refractivity contribution in [3.63, 3.8) is 0 Å². The van der Waals surface area contributed by atoms with Gasteiger partial charge in [0.05, 0.1) is 11.9 Å². The maximum Gasteiger partial charge on any atom is 0.0797 e. The molecule has 0 saturated heterocycles. The van der Waals surface area contributed by atoms with E-state index in [1.54, 1.807) is 0 Å². The van der Waals surface area contributed by atoms with Crippen molar-refractivity contribution in [2.24, 2.45) is 16.8 Å². The smallest absolute Gasteiger partial charge is 0.0797 e. The summed E-state index contributed by atoms with van der Waals surface area (Å²) in [6.07, 6.45) is 10.3. The molecule has 0 fully saturated rings. The molecular weight excluding hydrogens is 260 g/mol. The first-order valence-electron chi connectivity index (χ1n) is 8.01. The van der Waals surface area contributed by atoms with Gasteiger partial charge < -0.3 is 4.90 Å². The highest BCUT2D eigenvalue weighted by Gasteiger charge is 2.20. The molecule has 0 aromatic carbocycles. The molecule has 116 valence electrons. The fourth-order valence-corrected chi connectivity index (χ4v) is 2.66. The van der Waals surface area contributed by atoms with Crippen LogP contribution in [0.3, 0.4) is 0 Å². The van der Waals surface area contributed by atoms with Gasteiger partial charge in [-0.3, -0.25) is 9.67 Å². The molecule has 2 rings (SSSR count). The average molecular weight is 288 g/mol. The Kier molecular flexibility index (Phi) is 5.21. The number of hydrogen-bond donors (Lipinski definition) is 0. The van der Waals surface area contributed by atoms with Gasteiger partial charge in [0.25, 0.3) is 0 Å².